The molecule has 0 unspecified atom stereocenters. The zero-order valence-electron chi connectivity index (χ0n) is 8.05. The predicted molar refractivity (Wildman–Crippen MR) is 48.8 cm³/mol. The smallest absolute Gasteiger partial charge is 0.120 e. The van der Waals surface area contributed by atoms with Crippen molar-refractivity contribution in [2.45, 2.75) is 39.5 Å². The third-order valence-corrected chi connectivity index (χ3v) is 4.40. The van der Waals surface area contributed by atoms with Gasteiger partial charge < -0.3 is 4.79 Å². The van der Waals surface area contributed by atoms with Crippen LogP contribution in [0.1, 0.15) is 39.5 Å². The van der Waals surface area contributed by atoms with Crippen molar-refractivity contribution in [2.24, 2.45) is 23.2 Å². The number of carbonyl (C=O) groups excluding carboxylic acids is 1. The average molecular weight is 166 g/mol. The summed E-state index contributed by atoms with van der Waals surface area (Å²) in [5.74, 6) is 2.52. The van der Waals surface area contributed by atoms with Crippen molar-refractivity contribution in [3.8, 4) is 0 Å². The molecule has 0 radical (unpaired) electrons. The van der Waals surface area contributed by atoms with Crippen LogP contribution in [0.4, 0.5) is 0 Å². The van der Waals surface area contributed by atoms with E-state index in [4.69, 9.17) is 0 Å². The van der Waals surface area contributed by atoms with Gasteiger partial charge in [-0.3, -0.25) is 0 Å². The molecule has 3 saturated carbocycles. The van der Waals surface area contributed by atoms with E-state index in [0.29, 0.717) is 11.3 Å². The van der Waals surface area contributed by atoms with E-state index < -0.39 is 0 Å². The molecule has 68 valence electrons. The molecule has 0 heterocycles. The molecule has 1 heteroatoms. The molecule has 0 spiro atoms. The highest BCUT2D eigenvalue weighted by atomic mass is 16.1. The molecule has 3 fully saturated rings. The SMILES string of the molecule is CC1(C)[C@H]2CC[C@@H](CC=O)[C@@H]1C2. The largest absolute Gasteiger partial charge is 0.303 e. The van der Waals surface area contributed by atoms with Crippen molar-refractivity contribution in [2.75, 3.05) is 0 Å². The van der Waals surface area contributed by atoms with Gasteiger partial charge in [0.1, 0.15) is 6.29 Å². The molecule has 0 aromatic carbocycles. The molecular formula is C11H18O. The number of rotatable bonds is 2. The quantitative estimate of drug-likeness (QED) is 0.576. The van der Waals surface area contributed by atoms with Gasteiger partial charge in [-0.25, -0.2) is 0 Å². The number of hydrogen-bond donors (Lipinski definition) is 0. The molecule has 0 N–H and O–H groups in total. The van der Waals surface area contributed by atoms with Gasteiger partial charge in [0.05, 0.1) is 0 Å². The number of carbonyl (C=O) groups is 1. The van der Waals surface area contributed by atoms with Crippen molar-refractivity contribution in [3.05, 3.63) is 0 Å². The van der Waals surface area contributed by atoms with Gasteiger partial charge in [-0.15, -0.1) is 0 Å². The summed E-state index contributed by atoms with van der Waals surface area (Å²) in [5.41, 5.74) is 0.548. The first-order valence-electron chi connectivity index (χ1n) is 5.10. The predicted octanol–water partition coefficient (Wildman–Crippen LogP) is 2.65. The van der Waals surface area contributed by atoms with Gasteiger partial charge in [0, 0.05) is 6.42 Å². The maximum Gasteiger partial charge on any atom is 0.120 e. The van der Waals surface area contributed by atoms with Gasteiger partial charge >= 0.3 is 0 Å². The molecule has 3 rings (SSSR count). The summed E-state index contributed by atoms with van der Waals surface area (Å²) in [7, 11) is 0. The molecule has 0 amide bonds. The van der Waals surface area contributed by atoms with E-state index in [1.807, 2.05) is 0 Å². The minimum Gasteiger partial charge on any atom is -0.303 e. The third-order valence-electron chi connectivity index (χ3n) is 4.40. The number of aldehydes is 1. The molecule has 0 saturated heterocycles. The van der Waals surface area contributed by atoms with Crippen LogP contribution in [0.5, 0.6) is 0 Å². The van der Waals surface area contributed by atoms with Crippen LogP contribution >= 0.6 is 0 Å². The lowest BCUT2D eigenvalue weighted by atomic mass is 9.45. The second-order valence-corrected chi connectivity index (χ2v) is 5.10. The van der Waals surface area contributed by atoms with Crippen LogP contribution in [-0.4, -0.2) is 6.29 Å². The zero-order valence-corrected chi connectivity index (χ0v) is 8.05. The van der Waals surface area contributed by atoms with Gasteiger partial charge in [-0.2, -0.15) is 0 Å². The summed E-state index contributed by atoms with van der Waals surface area (Å²) < 4.78 is 0. The summed E-state index contributed by atoms with van der Waals surface area (Å²) in [6.45, 7) is 4.76. The van der Waals surface area contributed by atoms with Crippen LogP contribution < -0.4 is 0 Å². The molecule has 3 atom stereocenters. The van der Waals surface area contributed by atoms with Crippen LogP contribution in [0.25, 0.3) is 0 Å². The molecular weight excluding hydrogens is 148 g/mol. The maximum atomic E-state index is 10.4. The van der Waals surface area contributed by atoms with E-state index >= 15 is 0 Å². The maximum absolute atomic E-state index is 10.4. The van der Waals surface area contributed by atoms with Crippen molar-refractivity contribution < 1.29 is 4.79 Å². The lowest BCUT2D eigenvalue weighted by Gasteiger charge is -2.60. The Morgan fingerprint density at radius 2 is 2.17 bits per heavy atom. The molecule has 3 aliphatic carbocycles. The Morgan fingerprint density at radius 3 is 2.67 bits per heavy atom. The topological polar surface area (TPSA) is 17.1 Å². The lowest BCUT2D eigenvalue weighted by molar-refractivity contribution is -0.122. The first kappa shape index (κ1) is 8.28. The van der Waals surface area contributed by atoms with Crippen LogP contribution in [-0.2, 0) is 4.79 Å². The Bertz CT molecular complexity index is 193. The summed E-state index contributed by atoms with van der Waals surface area (Å²) in [6, 6.07) is 0. The molecule has 0 aromatic rings. The van der Waals surface area contributed by atoms with E-state index in [1.54, 1.807) is 0 Å². The van der Waals surface area contributed by atoms with Gasteiger partial charge in [0.25, 0.3) is 0 Å². The second kappa shape index (κ2) is 2.58. The fourth-order valence-corrected chi connectivity index (χ4v) is 3.37. The van der Waals surface area contributed by atoms with Crippen molar-refractivity contribution in [3.63, 3.8) is 0 Å². The van der Waals surface area contributed by atoms with Gasteiger partial charge in [-0.05, 0) is 42.4 Å². The molecule has 0 aromatic heterocycles. The highest BCUT2D eigenvalue weighted by molar-refractivity contribution is 5.50. The normalized spacial score (nSPS) is 43.3. The minimum atomic E-state index is 0.548. The molecule has 12 heavy (non-hydrogen) atoms. The van der Waals surface area contributed by atoms with Crippen LogP contribution in [0.2, 0.25) is 0 Å². The third kappa shape index (κ3) is 0.949. The number of fused-ring (bicyclic) bond motifs is 2. The summed E-state index contributed by atoms with van der Waals surface area (Å²) in [5, 5.41) is 0. The van der Waals surface area contributed by atoms with Crippen LogP contribution in [0.3, 0.4) is 0 Å². The summed E-state index contributed by atoms with van der Waals surface area (Å²) in [4.78, 5) is 10.4. The van der Waals surface area contributed by atoms with Crippen LogP contribution in [0, 0.1) is 23.2 Å². The Balaban J connectivity index is 2.05. The van der Waals surface area contributed by atoms with Crippen molar-refractivity contribution >= 4 is 6.29 Å². The van der Waals surface area contributed by atoms with Gasteiger partial charge in [0.2, 0.25) is 0 Å². The Kier molecular flexibility index (Phi) is 1.78. The highest BCUT2D eigenvalue weighted by Gasteiger charge is 2.53. The molecule has 0 aliphatic heterocycles. The van der Waals surface area contributed by atoms with Crippen molar-refractivity contribution in [1.29, 1.82) is 0 Å². The van der Waals surface area contributed by atoms with Gasteiger partial charge in [0.15, 0.2) is 0 Å². The second-order valence-electron chi connectivity index (χ2n) is 5.10. The average Bonchev–Trinajstić information content (AvgIpc) is 2.05. The van der Waals surface area contributed by atoms with E-state index in [2.05, 4.69) is 13.8 Å². The first-order chi connectivity index (χ1) is 5.66. The van der Waals surface area contributed by atoms with Crippen molar-refractivity contribution in [1.82, 2.24) is 0 Å². The minimum absolute atomic E-state index is 0.548. The summed E-state index contributed by atoms with van der Waals surface area (Å²) in [6.07, 6.45) is 5.98. The Morgan fingerprint density at radius 1 is 1.42 bits per heavy atom. The molecule has 3 aliphatic rings. The number of hydrogen-bond acceptors (Lipinski definition) is 1. The van der Waals surface area contributed by atoms with E-state index in [9.17, 15) is 4.79 Å². The summed E-state index contributed by atoms with van der Waals surface area (Å²) >= 11 is 0. The fourth-order valence-electron chi connectivity index (χ4n) is 3.37. The standard InChI is InChI=1S/C11H18O/c1-11(2)9-4-3-8(5-6-12)10(11)7-9/h6,8-10H,3-5,7H2,1-2H3/t8-,9-,10-/m0/s1. The highest BCUT2D eigenvalue weighted by Crippen LogP contribution is 2.61. The lowest BCUT2D eigenvalue weighted by Crippen LogP contribution is -2.52. The van der Waals surface area contributed by atoms with E-state index in [1.165, 1.54) is 19.3 Å². The van der Waals surface area contributed by atoms with Gasteiger partial charge in [-0.1, -0.05) is 13.8 Å². The fraction of sp³-hybridized carbons (Fsp3) is 0.909. The monoisotopic (exact) mass is 166 g/mol. The molecule has 1 nitrogen and oxygen atoms in total. The zero-order chi connectivity index (χ0) is 8.77. The molecule has 2 bridgehead atoms. The van der Waals surface area contributed by atoms with E-state index in [0.717, 1.165) is 24.5 Å². The first-order valence-corrected chi connectivity index (χ1v) is 5.10. The van der Waals surface area contributed by atoms with Crippen LogP contribution in [0.15, 0.2) is 0 Å². The van der Waals surface area contributed by atoms with E-state index in [-0.39, 0.29) is 0 Å². The Hall–Kier alpha value is -0.330. The Labute approximate surface area is 74.5 Å².